The minimum Gasteiger partial charge on any atom is -0.324 e. The topological polar surface area (TPSA) is 34.9 Å². The molecule has 0 atom stereocenters. The van der Waals surface area contributed by atoms with Gasteiger partial charge < -0.3 is 4.57 Å². The molecule has 1 aromatic heterocycles. The molecule has 0 saturated heterocycles. The zero-order chi connectivity index (χ0) is 13.2. The molecule has 1 heterocycles. The molecule has 3 nitrogen and oxygen atoms in total. The molecule has 1 aromatic carbocycles. The fourth-order valence-electron chi connectivity index (χ4n) is 1.91. The summed E-state index contributed by atoms with van der Waals surface area (Å²) in [6.45, 7) is 0. The van der Waals surface area contributed by atoms with Gasteiger partial charge in [-0.05, 0) is 30.5 Å². The summed E-state index contributed by atoms with van der Waals surface area (Å²) in [7, 11) is 0. The Morgan fingerprint density at radius 3 is 2.95 bits per heavy atom. The van der Waals surface area contributed by atoms with Crippen molar-refractivity contribution in [3.8, 4) is 0 Å². The summed E-state index contributed by atoms with van der Waals surface area (Å²) in [6, 6.07) is 10.3. The van der Waals surface area contributed by atoms with Gasteiger partial charge in [-0.2, -0.15) is 4.98 Å². The molecule has 1 saturated carbocycles. The molecule has 98 valence electrons. The predicted molar refractivity (Wildman–Crippen MR) is 80.5 cm³/mol. The average Bonchev–Trinajstić information content (AvgIpc) is 3.21. The van der Waals surface area contributed by atoms with Crippen LogP contribution in [-0.2, 0) is 5.75 Å². The summed E-state index contributed by atoms with van der Waals surface area (Å²) in [5.74, 6) is 0.822. The Balaban J connectivity index is 1.79. The number of hydrogen-bond acceptors (Lipinski definition) is 3. The number of halogens is 1. The van der Waals surface area contributed by atoms with Crippen molar-refractivity contribution in [3.63, 3.8) is 0 Å². The van der Waals surface area contributed by atoms with Gasteiger partial charge in [-0.15, -0.1) is 0 Å². The van der Waals surface area contributed by atoms with E-state index in [2.05, 4.69) is 37.6 Å². The van der Waals surface area contributed by atoms with Crippen molar-refractivity contribution in [2.75, 3.05) is 0 Å². The van der Waals surface area contributed by atoms with E-state index in [9.17, 15) is 4.79 Å². The highest BCUT2D eigenvalue weighted by Crippen LogP contribution is 2.37. The highest BCUT2D eigenvalue weighted by Gasteiger charge is 2.25. The third-order valence-electron chi connectivity index (χ3n) is 3.00. The largest absolute Gasteiger partial charge is 0.324 e. The summed E-state index contributed by atoms with van der Waals surface area (Å²) in [4.78, 5) is 15.5. The van der Waals surface area contributed by atoms with E-state index in [1.54, 1.807) is 17.8 Å². The Kier molecular flexibility index (Phi) is 3.75. The Morgan fingerprint density at radius 1 is 1.37 bits per heavy atom. The first-order valence-electron chi connectivity index (χ1n) is 6.19. The normalized spacial score (nSPS) is 14.6. The Bertz CT molecular complexity index is 652. The number of aromatic nitrogens is 2. The van der Waals surface area contributed by atoms with Crippen LogP contribution in [0.4, 0.5) is 0 Å². The molecule has 0 unspecified atom stereocenters. The van der Waals surface area contributed by atoms with Crippen LogP contribution in [0.3, 0.4) is 0 Å². The molecule has 1 fully saturated rings. The van der Waals surface area contributed by atoms with Gasteiger partial charge in [0.05, 0.1) is 0 Å². The van der Waals surface area contributed by atoms with Gasteiger partial charge in [0.1, 0.15) is 0 Å². The first-order chi connectivity index (χ1) is 9.22. The molecule has 2 aromatic rings. The monoisotopic (exact) mass is 336 g/mol. The van der Waals surface area contributed by atoms with Crippen LogP contribution < -0.4 is 5.56 Å². The van der Waals surface area contributed by atoms with E-state index in [1.165, 1.54) is 18.4 Å². The molecule has 0 radical (unpaired) electrons. The van der Waals surface area contributed by atoms with Gasteiger partial charge in [0.25, 0.3) is 5.56 Å². The van der Waals surface area contributed by atoms with Crippen LogP contribution in [-0.4, -0.2) is 9.55 Å². The summed E-state index contributed by atoms with van der Waals surface area (Å²) < 4.78 is 3.20. The van der Waals surface area contributed by atoms with E-state index in [1.807, 2.05) is 18.3 Å². The maximum absolute atomic E-state index is 11.4. The van der Waals surface area contributed by atoms with E-state index in [0.717, 1.165) is 15.4 Å². The third-order valence-corrected chi connectivity index (χ3v) is 4.53. The molecule has 5 heteroatoms. The van der Waals surface area contributed by atoms with E-state index in [0.29, 0.717) is 6.04 Å². The smallest absolute Gasteiger partial charge is 0.273 e. The second-order valence-electron chi connectivity index (χ2n) is 4.61. The van der Waals surface area contributed by atoms with Crippen molar-refractivity contribution >= 4 is 27.7 Å². The third kappa shape index (κ3) is 3.28. The lowest BCUT2D eigenvalue weighted by molar-refractivity contribution is 0.624. The molecule has 0 spiro atoms. The quantitative estimate of drug-likeness (QED) is 0.631. The van der Waals surface area contributed by atoms with Crippen molar-refractivity contribution in [2.45, 2.75) is 29.8 Å². The number of hydrogen-bond donors (Lipinski definition) is 0. The number of thioether (sulfide) groups is 1. The molecule has 3 rings (SSSR count). The maximum Gasteiger partial charge on any atom is 0.273 e. The summed E-state index contributed by atoms with van der Waals surface area (Å²) >= 11 is 5.09. The molecule has 19 heavy (non-hydrogen) atoms. The van der Waals surface area contributed by atoms with Crippen LogP contribution in [0, 0.1) is 0 Å². The lowest BCUT2D eigenvalue weighted by Crippen LogP contribution is -2.12. The molecular weight excluding hydrogens is 324 g/mol. The zero-order valence-electron chi connectivity index (χ0n) is 10.3. The van der Waals surface area contributed by atoms with Gasteiger partial charge in [-0.1, -0.05) is 39.8 Å². The van der Waals surface area contributed by atoms with Crippen LogP contribution in [0.25, 0.3) is 0 Å². The van der Waals surface area contributed by atoms with Crippen LogP contribution in [0.2, 0.25) is 0 Å². The van der Waals surface area contributed by atoms with Gasteiger partial charge in [0.15, 0.2) is 5.16 Å². The van der Waals surface area contributed by atoms with Gasteiger partial charge in [-0.25, -0.2) is 0 Å². The van der Waals surface area contributed by atoms with Crippen molar-refractivity contribution in [1.82, 2.24) is 9.55 Å². The first-order valence-corrected chi connectivity index (χ1v) is 7.97. The molecule has 1 aliphatic rings. The van der Waals surface area contributed by atoms with Crippen molar-refractivity contribution < 1.29 is 0 Å². The van der Waals surface area contributed by atoms with Crippen molar-refractivity contribution in [1.29, 1.82) is 0 Å². The SMILES string of the molecule is O=c1ccn(C2CC2)c(SCc2cccc(Br)c2)n1. The summed E-state index contributed by atoms with van der Waals surface area (Å²) in [6.07, 6.45) is 4.25. The molecule has 1 aliphatic carbocycles. The molecule has 0 bridgehead atoms. The number of nitrogens with zero attached hydrogens (tertiary/aromatic N) is 2. The van der Waals surface area contributed by atoms with E-state index >= 15 is 0 Å². The Labute approximate surface area is 124 Å². The minimum absolute atomic E-state index is 0.159. The van der Waals surface area contributed by atoms with Crippen molar-refractivity contribution in [3.05, 3.63) is 56.9 Å². The van der Waals surface area contributed by atoms with Crippen LogP contribution in [0.5, 0.6) is 0 Å². The second kappa shape index (κ2) is 5.51. The van der Waals surface area contributed by atoms with Gasteiger partial charge >= 0.3 is 0 Å². The molecule has 0 N–H and O–H groups in total. The lowest BCUT2D eigenvalue weighted by Gasteiger charge is -2.10. The first kappa shape index (κ1) is 12.9. The van der Waals surface area contributed by atoms with Crippen LogP contribution in [0.15, 0.2) is 51.0 Å². The highest BCUT2D eigenvalue weighted by atomic mass is 79.9. The highest BCUT2D eigenvalue weighted by molar-refractivity contribution is 9.10. The van der Waals surface area contributed by atoms with E-state index in [-0.39, 0.29) is 5.56 Å². The predicted octanol–water partition coefficient (Wildman–Crippen LogP) is 3.63. The van der Waals surface area contributed by atoms with Crippen molar-refractivity contribution in [2.24, 2.45) is 0 Å². The lowest BCUT2D eigenvalue weighted by atomic mass is 10.2. The average molecular weight is 337 g/mol. The van der Waals surface area contributed by atoms with Crippen LogP contribution >= 0.6 is 27.7 Å². The van der Waals surface area contributed by atoms with E-state index in [4.69, 9.17) is 0 Å². The zero-order valence-corrected chi connectivity index (χ0v) is 12.7. The van der Waals surface area contributed by atoms with E-state index < -0.39 is 0 Å². The summed E-state index contributed by atoms with van der Waals surface area (Å²) in [5, 5.41) is 0.829. The molecule has 0 amide bonds. The van der Waals surface area contributed by atoms with Crippen LogP contribution in [0.1, 0.15) is 24.4 Å². The number of benzene rings is 1. The van der Waals surface area contributed by atoms with Gasteiger partial charge in [-0.3, -0.25) is 4.79 Å². The fraction of sp³-hybridized carbons (Fsp3) is 0.286. The maximum atomic E-state index is 11.4. The standard InChI is InChI=1S/C14H13BrN2OS/c15-11-3-1-2-10(8-11)9-19-14-16-13(18)6-7-17(14)12-4-5-12/h1-3,6-8,12H,4-5,9H2. The van der Waals surface area contributed by atoms with Gasteiger partial charge in [0.2, 0.25) is 0 Å². The molecule has 0 aliphatic heterocycles. The molecular formula is C14H13BrN2OS. The minimum atomic E-state index is -0.159. The number of rotatable bonds is 4. The summed E-state index contributed by atoms with van der Waals surface area (Å²) in [5.41, 5.74) is 1.06. The van der Waals surface area contributed by atoms with Gasteiger partial charge in [0, 0.05) is 28.5 Å². The Hall–Kier alpha value is -1.07. The second-order valence-corrected chi connectivity index (χ2v) is 6.46. The Morgan fingerprint density at radius 2 is 2.21 bits per heavy atom. The fourth-order valence-corrected chi connectivity index (χ4v) is 3.34.